The van der Waals surface area contributed by atoms with Crippen molar-refractivity contribution >= 4 is 15.9 Å². The molecular weight excluding hydrogens is 333 g/mol. The van der Waals surface area contributed by atoms with Crippen molar-refractivity contribution in [3.05, 3.63) is 52.0 Å². The molecule has 0 bridgehead atoms. The monoisotopic (exact) mass is 353 g/mol. The molecule has 114 valence electrons. The van der Waals surface area contributed by atoms with Crippen LogP contribution in [0.4, 0.5) is 4.39 Å². The molecule has 0 saturated heterocycles. The van der Waals surface area contributed by atoms with Gasteiger partial charge < -0.3 is 5.32 Å². The fourth-order valence-corrected chi connectivity index (χ4v) is 2.80. The van der Waals surface area contributed by atoms with Gasteiger partial charge in [0.15, 0.2) is 0 Å². The molecule has 0 aliphatic carbocycles. The van der Waals surface area contributed by atoms with Gasteiger partial charge in [-0.1, -0.05) is 22.9 Å². The molecule has 0 aliphatic heterocycles. The highest BCUT2D eigenvalue weighted by molar-refractivity contribution is 9.10. The number of aromatic nitrogens is 2. The van der Waals surface area contributed by atoms with Gasteiger partial charge in [-0.05, 0) is 50.2 Å². The van der Waals surface area contributed by atoms with Gasteiger partial charge in [0.2, 0.25) is 0 Å². The first-order valence-electron chi connectivity index (χ1n) is 7.23. The number of benzene rings is 1. The van der Waals surface area contributed by atoms with Gasteiger partial charge in [0.25, 0.3) is 0 Å². The second-order valence-electron chi connectivity index (χ2n) is 5.40. The number of hydrogen-bond donors (Lipinski definition) is 1. The van der Waals surface area contributed by atoms with Gasteiger partial charge >= 0.3 is 0 Å². The number of halogens is 2. The van der Waals surface area contributed by atoms with E-state index in [-0.39, 0.29) is 11.9 Å². The average molecular weight is 354 g/mol. The van der Waals surface area contributed by atoms with Gasteiger partial charge in [-0.3, -0.25) is 4.68 Å². The van der Waals surface area contributed by atoms with Crippen LogP contribution in [0.15, 0.2) is 34.9 Å². The fourth-order valence-electron chi connectivity index (χ4n) is 2.31. The Balaban J connectivity index is 2.21. The van der Waals surface area contributed by atoms with Crippen LogP contribution in [0.5, 0.6) is 0 Å². The van der Waals surface area contributed by atoms with Crippen LogP contribution in [0.3, 0.4) is 0 Å². The first-order chi connectivity index (χ1) is 9.99. The molecule has 21 heavy (non-hydrogen) atoms. The zero-order valence-electron chi connectivity index (χ0n) is 12.6. The second kappa shape index (κ2) is 7.18. The standard InChI is InChI=1S/C16H21BrFN3/c1-4-19-16(12-7-13(17)9-14(18)8-12)10-15-5-6-21(20-15)11(2)3/h5-9,11,16,19H,4,10H2,1-3H3. The molecule has 2 aromatic rings. The summed E-state index contributed by atoms with van der Waals surface area (Å²) < 4.78 is 16.3. The number of nitrogens with zero attached hydrogens (tertiary/aromatic N) is 2. The van der Waals surface area contributed by atoms with Crippen molar-refractivity contribution in [2.75, 3.05) is 6.54 Å². The highest BCUT2D eigenvalue weighted by Crippen LogP contribution is 2.23. The summed E-state index contributed by atoms with van der Waals surface area (Å²) in [6.45, 7) is 7.07. The van der Waals surface area contributed by atoms with E-state index in [9.17, 15) is 4.39 Å². The van der Waals surface area contributed by atoms with Crippen molar-refractivity contribution in [3.63, 3.8) is 0 Å². The highest BCUT2D eigenvalue weighted by Gasteiger charge is 2.15. The molecule has 3 nitrogen and oxygen atoms in total. The van der Waals surface area contributed by atoms with Crippen molar-refractivity contribution in [3.8, 4) is 0 Å². The molecule has 1 aromatic heterocycles. The molecule has 5 heteroatoms. The van der Waals surface area contributed by atoms with Gasteiger partial charge in [0.05, 0.1) is 5.69 Å². The fraction of sp³-hybridized carbons (Fsp3) is 0.438. The zero-order chi connectivity index (χ0) is 15.4. The normalized spacial score (nSPS) is 12.9. The molecule has 0 saturated carbocycles. The molecule has 1 aromatic carbocycles. The summed E-state index contributed by atoms with van der Waals surface area (Å²) in [6, 6.07) is 7.43. The smallest absolute Gasteiger partial charge is 0.124 e. The molecule has 1 N–H and O–H groups in total. The van der Waals surface area contributed by atoms with Crippen LogP contribution in [0.2, 0.25) is 0 Å². The van der Waals surface area contributed by atoms with Crippen molar-refractivity contribution in [1.82, 2.24) is 15.1 Å². The third-order valence-corrected chi connectivity index (χ3v) is 3.80. The van der Waals surface area contributed by atoms with Gasteiger partial charge in [0, 0.05) is 29.2 Å². The molecule has 0 aliphatic rings. The van der Waals surface area contributed by atoms with Crippen molar-refractivity contribution in [1.29, 1.82) is 0 Å². The van der Waals surface area contributed by atoms with E-state index in [1.54, 1.807) is 6.07 Å². The molecule has 1 unspecified atom stereocenters. The minimum atomic E-state index is -0.227. The van der Waals surface area contributed by atoms with Gasteiger partial charge in [0.1, 0.15) is 5.82 Å². The van der Waals surface area contributed by atoms with Gasteiger partial charge in [-0.25, -0.2) is 4.39 Å². The maximum atomic E-state index is 13.6. The highest BCUT2D eigenvalue weighted by atomic mass is 79.9. The van der Waals surface area contributed by atoms with E-state index in [0.29, 0.717) is 6.04 Å². The van der Waals surface area contributed by atoms with E-state index in [1.807, 2.05) is 29.9 Å². The number of rotatable bonds is 6. The van der Waals surface area contributed by atoms with E-state index < -0.39 is 0 Å². The minimum absolute atomic E-state index is 0.0533. The first kappa shape index (κ1) is 16.2. The first-order valence-corrected chi connectivity index (χ1v) is 8.02. The number of nitrogens with one attached hydrogen (secondary N) is 1. The van der Waals surface area contributed by atoms with Crippen LogP contribution in [0.1, 0.15) is 44.1 Å². The Bertz CT molecular complexity index is 575. The van der Waals surface area contributed by atoms with Gasteiger partial charge in [-0.2, -0.15) is 5.10 Å². The van der Waals surface area contributed by atoms with Crippen LogP contribution in [-0.2, 0) is 6.42 Å². The van der Waals surface area contributed by atoms with Gasteiger partial charge in [-0.15, -0.1) is 0 Å². The second-order valence-corrected chi connectivity index (χ2v) is 6.31. The minimum Gasteiger partial charge on any atom is -0.310 e. The Labute approximate surface area is 133 Å². The lowest BCUT2D eigenvalue weighted by molar-refractivity contribution is 0.505. The zero-order valence-corrected chi connectivity index (χ0v) is 14.2. The summed E-state index contributed by atoms with van der Waals surface area (Å²) in [5.41, 5.74) is 1.94. The molecular formula is C16H21BrFN3. The van der Waals surface area contributed by atoms with E-state index in [0.717, 1.165) is 28.7 Å². The van der Waals surface area contributed by atoms with Crippen molar-refractivity contribution in [2.45, 2.75) is 39.3 Å². The summed E-state index contributed by atoms with van der Waals surface area (Å²) in [5.74, 6) is -0.227. The molecule has 1 heterocycles. The Morgan fingerprint density at radius 3 is 2.67 bits per heavy atom. The van der Waals surface area contributed by atoms with Crippen LogP contribution in [0.25, 0.3) is 0 Å². The molecule has 0 spiro atoms. The summed E-state index contributed by atoms with van der Waals surface area (Å²) in [4.78, 5) is 0. The Morgan fingerprint density at radius 2 is 2.10 bits per heavy atom. The van der Waals surface area contributed by atoms with E-state index in [1.165, 1.54) is 6.07 Å². The Morgan fingerprint density at radius 1 is 1.33 bits per heavy atom. The van der Waals surface area contributed by atoms with Crippen molar-refractivity contribution in [2.24, 2.45) is 0 Å². The molecule has 0 amide bonds. The van der Waals surface area contributed by atoms with E-state index in [4.69, 9.17) is 0 Å². The maximum absolute atomic E-state index is 13.6. The third kappa shape index (κ3) is 4.38. The van der Waals surface area contributed by atoms with E-state index >= 15 is 0 Å². The summed E-state index contributed by atoms with van der Waals surface area (Å²) >= 11 is 3.35. The lowest BCUT2D eigenvalue weighted by atomic mass is 10.0. The average Bonchev–Trinajstić information content (AvgIpc) is 2.86. The molecule has 1 atom stereocenters. The summed E-state index contributed by atoms with van der Waals surface area (Å²) in [6.07, 6.45) is 2.73. The number of likely N-dealkylation sites (N-methyl/N-ethyl adjacent to an activating group) is 1. The quantitative estimate of drug-likeness (QED) is 0.840. The van der Waals surface area contributed by atoms with Crippen LogP contribution >= 0.6 is 15.9 Å². The Kier molecular flexibility index (Phi) is 5.53. The predicted octanol–water partition coefficient (Wildman–Crippen LogP) is 4.26. The molecule has 2 rings (SSSR count). The van der Waals surface area contributed by atoms with Crippen molar-refractivity contribution < 1.29 is 4.39 Å². The summed E-state index contributed by atoms with van der Waals surface area (Å²) in [7, 11) is 0. The predicted molar refractivity (Wildman–Crippen MR) is 86.8 cm³/mol. The SMILES string of the molecule is CCNC(Cc1ccn(C(C)C)n1)c1cc(F)cc(Br)c1. The summed E-state index contributed by atoms with van der Waals surface area (Å²) in [5, 5.41) is 7.98. The largest absolute Gasteiger partial charge is 0.310 e. The molecule has 0 radical (unpaired) electrons. The third-order valence-electron chi connectivity index (χ3n) is 3.34. The maximum Gasteiger partial charge on any atom is 0.124 e. The number of hydrogen-bond acceptors (Lipinski definition) is 2. The topological polar surface area (TPSA) is 29.9 Å². The van der Waals surface area contributed by atoms with Crippen LogP contribution < -0.4 is 5.32 Å². The van der Waals surface area contributed by atoms with Crippen LogP contribution in [-0.4, -0.2) is 16.3 Å². The lowest BCUT2D eigenvalue weighted by Crippen LogP contribution is -2.23. The lowest BCUT2D eigenvalue weighted by Gasteiger charge is -2.18. The van der Waals surface area contributed by atoms with E-state index in [2.05, 4.69) is 40.2 Å². The molecule has 0 fully saturated rings. The Hall–Kier alpha value is -1.20. The van der Waals surface area contributed by atoms with Crippen LogP contribution in [0, 0.1) is 5.82 Å².